The third-order valence-electron chi connectivity index (χ3n) is 2.73. The van der Waals surface area contributed by atoms with Crippen LogP contribution in [-0.4, -0.2) is 19.9 Å². The summed E-state index contributed by atoms with van der Waals surface area (Å²) >= 11 is 5.71. The second kappa shape index (κ2) is 4.33. The summed E-state index contributed by atoms with van der Waals surface area (Å²) in [4.78, 5) is 21.2. The van der Waals surface area contributed by atoms with E-state index in [2.05, 4.69) is 15.0 Å². The number of fused-ring (bicyclic) bond motifs is 1. The van der Waals surface area contributed by atoms with Crippen LogP contribution < -0.4 is 0 Å². The van der Waals surface area contributed by atoms with Crippen molar-refractivity contribution in [2.24, 2.45) is 0 Å². The molecule has 7 heteroatoms. The zero-order valence-corrected chi connectivity index (χ0v) is 10.3. The number of nitro benzene ring substituents is 1. The molecule has 1 N–H and O–H groups in total. The Kier molecular flexibility index (Phi) is 2.64. The molecule has 3 aromatic rings. The number of non-ortho nitro benzene ring substituents is 1. The number of hydrogen-bond donors (Lipinski definition) is 1. The molecular formula is C12H7ClN4O2. The third kappa shape index (κ3) is 2.13. The van der Waals surface area contributed by atoms with Gasteiger partial charge >= 0.3 is 0 Å². The van der Waals surface area contributed by atoms with Crippen molar-refractivity contribution in [1.29, 1.82) is 0 Å². The van der Waals surface area contributed by atoms with Gasteiger partial charge in [-0.1, -0.05) is 0 Å². The summed E-state index contributed by atoms with van der Waals surface area (Å²) in [5, 5.41) is 11.6. The summed E-state index contributed by atoms with van der Waals surface area (Å²) in [6, 6.07) is 8.14. The first kappa shape index (κ1) is 11.6. The molecule has 0 fully saturated rings. The normalized spacial score (nSPS) is 10.8. The van der Waals surface area contributed by atoms with Gasteiger partial charge in [-0.25, -0.2) is 4.98 Å². The van der Waals surface area contributed by atoms with Crippen molar-refractivity contribution in [1.82, 2.24) is 15.0 Å². The van der Waals surface area contributed by atoms with E-state index in [0.29, 0.717) is 5.65 Å². The van der Waals surface area contributed by atoms with E-state index >= 15 is 0 Å². The van der Waals surface area contributed by atoms with Crippen LogP contribution in [0.5, 0.6) is 0 Å². The van der Waals surface area contributed by atoms with Crippen molar-refractivity contribution in [2.45, 2.75) is 0 Å². The number of aromatic amines is 1. The number of nitrogens with one attached hydrogen (secondary N) is 1. The smallest absolute Gasteiger partial charge is 0.269 e. The van der Waals surface area contributed by atoms with E-state index in [4.69, 9.17) is 11.6 Å². The van der Waals surface area contributed by atoms with E-state index in [1.165, 1.54) is 12.1 Å². The van der Waals surface area contributed by atoms with Gasteiger partial charge in [0.2, 0.25) is 5.28 Å². The lowest BCUT2D eigenvalue weighted by Crippen LogP contribution is -1.87. The molecule has 2 heterocycles. The largest absolute Gasteiger partial charge is 0.339 e. The zero-order valence-electron chi connectivity index (χ0n) is 9.50. The molecule has 1 aromatic carbocycles. The van der Waals surface area contributed by atoms with Gasteiger partial charge in [-0.15, -0.1) is 0 Å². The first-order valence-corrected chi connectivity index (χ1v) is 5.77. The van der Waals surface area contributed by atoms with Crippen LogP contribution >= 0.6 is 11.6 Å². The Hall–Kier alpha value is -2.47. The first-order valence-electron chi connectivity index (χ1n) is 5.39. The second-order valence-electron chi connectivity index (χ2n) is 3.93. The summed E-state index contributed by atoms with van der Waals surface area (Å²) in [6.07, 6.45) is 1.62. The van der Waals surface area contributed by atoms with Gasteiger partial charge < -0.3 is 4.98 Å². The number of halogens is 1. The van der Waals surface area contributed by atoms with Gasteiger partial charge in [0.1, 0.15) is 5.65 Å². The number of benzene rings is 1. The molecule has 6 nitrogen and oxygen atoms in total. The van der Waals surface area contributed by atoms with Crippen LogP contribution in [0.3, 0.4) is 0 Å². The lowest BCUT2D eigenvalue weighted by atomic mass is 10.1. The highest BCUT2D eigenvalue weighted by Gasteiger charge is 2.08. The molecule has 0 aliphatic carbocycles. The summed E-state index contributed by atoms with van der Waals surface area (Å²) in [5.74, 6) is 0. The summed E-state index contributed by atoms with van der Waals surface area (Å²) in [5.41, 5.74) is 2.33. The van der Waals surface area contributed by atoms with E-state index < -0.39 is 4.92 Å². The molecule has 0 aliphatic heterocycles. The Bertz CT molecular complexity index is 767. The SMILES string of the molecule is O=[N+]([O-])c1ccc(-c2cc3cnc(Cl)nc3[nH]2)cc1. The lowest BCUT2D eigenvalue weighted by Gasteiger charge is -1.96. The molecule has 0 radical (unpaired) electrons. The average Bonchev–Trinajstić information content (AvgIpc) is 2.81. The van der Waals surface area contributed by atoms with Crippen molar-refractivity contribution in [3.8, 4) is 11.3 Å². The highest BCUT2D eigenvalue weighted by Crippen LogP contribution is 2.25. The molecule has 2 aromatic heterocycles. The Morgan fingerprint density at radius 3 is 2.68 bits per heavy atom. The molecule has 0 spiro atoms. The third-order valence-corrected chi connectivity index (χ3v) is 2.91. The van der Waals surface area contributed by atoms with E-state index in [0.717, 1.165) is 16.6 Å². The Morgan fingerprint density at radius 2 is 2.00 bits per heavy atom. The maximum atomic E-state index is 10.6. The Morgan fingerprint density at radius 1 is 1.26 bits per heavy atom. The number of nitrogens with zero attached hydrogens (tertiary/aromatic N) is 3. The summed E-state index contributed by atoms with van der Waals surface area (Å²) in [6.45, 7) is 0. The van der Waals surface area contributed by atoms with Gasteiger partial charge in [-0.05, 0) is 35.4 Å². The molecule has 3 rings (SSSR count). The van der Waals surface area contributed by atoms with Gasteiger partial charge in [-0.3, -0.25) is 10.1 Å². The Balaban J connectivity index is 2.06. The fraction of sp³-hybridized carbons (Fsp3) is 0. The van der Waals surface area contributed by atoms with E-state index in [1.54, 1.807) is 18.3 Å². The van der Waals surface area contributed by atoms with Crippen molar-refractivity contribution >= 4 is 28.3 Å². The fourth-order valence-electron chi connectivity index (χ4n) is 1.81. The van der Waals surface area contributed by atoms with Gasteiger partial charge in [0.25, 0.3) is 5.69 Å². The number of H-pyrrole nitrogens is 1. The molecule has 0 amide bonds. The van der Waals surface area contributed by atoms with Gasteiger partial charge in [0, 0.05) is 29.4 Å². The van der Waals surface area contributed by atoms with Crippen LogP contribution in [0.2, 0.25) is 5.28 Å². The maximum absolute atomic E-state index is 10.6. The molecule has 0 atom stereocenters. The monoisotopic (exact) mass is 274 g/mol. The van der Waals surface area contributed by atoms with Crippen molar-refractivity contribution in [3.63, 3.8) is 0 Å². The first-order chi connectivity index (χ1) is 9.13. The van der Waals surface area contributed by atoms with E-state index in [1.807, 2.05) is 6.07 Å². The van der Waals surface area contributed by atoms with Gasteiger partial charge in [0.15, 0.2) is 0 Å². The number of aromatic nitrogens is 3. The minimum Gasteiger partial charge on any atom is -0.339 e. The quantitative estimate of drug-likeness (QED) is 0.442. The number of hydrogen-bond acceptors (Lipinski definition) is 4. The summed E-state index contributed by atoms with van der Waals surface area (Å²) in [7, 11) is 0. The fourth-order valence-corrected chi connectivity index (χ4v) is 1.95. The van der Waals surface area contributed by atoms with Crippen LogP contribution in [-0.2, 0) is 0 Å². The standard InChI is InChI=1S/C12H7ClN4O2/c13-12-14-6-8-5-10(15-11(8)16-12)7-1-3-9(4-2-7)17(18)19/h1-6H,(H,14,15,16). The second-order valence-corrected chi connectivity index (χ2v) is 4.27. The van der Waals surface area contributed by atoms with Crippen LogP contribution in [0.25, 0.3) is 22.3 Å². The molecule has 0 saturated carbocycles. The van der Waals surface area contributed by atoms with E-state index in [9.17, 15) is 10.1 Å². The molecule has 0 bridgehead atoms. The molecule has 0 unspecified atom stereocenters. The highest BCUT2D eigenvalue weighted by atomic mass is 35.5. The van der Waals surface area contributed by atoms with Crippen molar-refractivity contribution in [3.05, 3.63) is 51.9 Å². The van der Waals surface area contributed by atoms with Crippen molar-refractivity contribution < 1.29 is 4.92 Å². The lowest BCUT2D eigenvalue weighted by molar-refractivity contribution is -0.384. The predicted molar refractivity (Wildman–Crippen MR) is 71.0 cm³/mol. The minimum absolute atomic E-state index is 0.0581. The van der Waals surface area contributed by atoms with E-state index in [-0.39, 0.29) is 11.0 Å². The van der Waals surface area contributed by atoms with Crippen molar-refractivity contribution in [2.75, 3.05) is 0 Å². The number of rotatable bonds is 2. The summed E-state index contributed by atoms with van der Waals surface area (Å²) < 4.78 is 0. The maximum Gasteiger partial charge on any atom is 0.269 e. The van der Waals surface area contributed by atoms with Gasteiger partial charge in [0.05, 0.1) is 4.92 Å². The minimum atomic E-state index is -0.430. The topological polar surface area (TPSA) is 84.7 Å². The predicted octanol–water partition coefficient (Wildman–Crippen LogP) is 3.19. The molecule has 0 aliphatic rings. The average molecular weight is 275 g/mol. The molecule has 94 valence electrons. The molecule has 19 heavy (non-hydrogen) atoms. The van der Waals surface area contributed by atoms with Crippen LogP contribution in [0.4, 0.5) is 5.69 Å². The zero-order chi connectivity index (χ0) is 13.4. The molecular weight excluding hydrogens is 268 g/mol. The van der Waals surface area contributed by atoms with Crippen LogP contribution in [0.1, 0.15) is 0 Å². The van der Waals surface area contributed by atoms with Gasteiger partial charge in [-0.2, -0.15) is 4.98 Å². The molecule has 0 saturated heterocycles. The Labute approximate surface area is 112 Å². The van der Waals surface area contributed by atoms with Crippen LogP contribution in [0, 0.1) is 10.1 Å². The highest BCUT2D eigenvalue weighted by molar-refractivity contribution is 6.28. The van der Waals surface area contributed by atoms with Crippen LogP contribution in [0.15, 0.2) is 36.5 Å². The number of nitro groups is 1.